The van der Waals surface area contributed by atoms with Gasteiger partial charge in [-0.15, -0.1) is 0 Å². The van der Waals surface area contributed by atoms with Crippen LogP contribution < -0.4 is 16.0 Å². The SMILES string of the molecule is CNCCC(=O)Nc1ccc(CC(=O)NC)cc1. The van der Waals surface area contributed by atoms with Gasteiger partial charge >= 0.3 is 0 Å². The summed E-state index contributed by atoms with van der Waals surface area (Å²) in [6.45, 7) is 0.653. The van der Waals surface area contributed by atoms with Crippen LogP contribution in [-0.2, 0) is 16.0 Å². The summed E-state index contributed by atoms with van der Waals surface area (Å²) in [5.74, 6) is -0.0517. The minimum atomic E-state index is -0.0270. The number of carbonyl (C=O) groups is 2. The molecule has 0 aliphatic rings. The average Bonchev–Trinajstić information content (AvgIpc) is 2.38. The molecule has 98 valence electrons. The van der Waals surface area contributed by atoms with Crippen LogP contribution in [0.2, 0.25) is 0 Å². The first-order valence-corrected chi connectivity index (χ1v) is 5.89. The van der Waals surface area contributed by atoms with Crippen molar-refractivity contribution in [2.45, 2.75) is 12.8 Å². The summed E-state index contributed by atoms with van der Waals surface area (Å²) in [4.78, 5) is 22.6. The van der Waals surface area contributed by atoms with Crippen molar-refractivity contribution < 1.29 is 9.59 Å². The zero-order chi connectivity index (χ0) is 13.4. The van der Waals surface area contributed by atoms with E-state index in [9.17, 15) is 9.59 Å². The van der Waals surface area contributed by atoms with Gasteiger partial charge in [-0.2, -0.15) is 0 Å². The van der Waals surface area contributed by atoms with Gasteiger partial charge in [-0.1, -0.05) is 12.1 Å². The number of amides is 2. The largest absolute Gasteiger partial charge is 0.359 e. The molecule has 0 aliphatic heterocycles. The number of hydrogen-bond acceptors (Lipinski definition) is 3. The first-order chi connectivity index (χ1) is 8.65. The van der Waals surface area contributed by atoms with Gasteiger partial charge in [0.2, 0.25) is 11.8 Å². The van der Waals surface area contributed by atoms with E-state index in [1.165, 1.54) is 0 Å². The Morgan fingerprint density at radius 3 is 2.28 bits per heavy atom. The Bertz CT molecular complexity index is 401. The maximum absolute atomic E-state index is 11.5. The van der Waals surface area contributed by atoms with Crippen LogP contribution in [0.5, 0.6) is 0 Å². The number of carbonyl (C=O) groups excluding carboxylic acids is 2. The lowest BCUT2D eigenvalue weighted by molar-refractivity contribution is -0.120. The van der Waals surface area contributed by atoms with Crippen LogP contribution >= 0.6 is 0 Å². The smallest absolute Gasteiger partial charge is 0.225 e. The number of rotatable bonds is 6. The van der Waals surface area contributed by atoms with E-state index in [4.69, 9.17) is 0 Å². The molecular formula is C13H19N3O2. The molecule has 0 bridgehead atoms. The van der Waals surface area contributed by atoms with Gasteiger partial charge in [-0.25, -0.2) is 0 Å². The molecule has 0 radical (unpaired) electrons. The first kappa shape index (κ1) is 14.2. The molecule has 0 saturated carbocycles. The molecular weight excluding hydrogens is 230 g/mol. The standard InChI is InChI=1S/C13H19N3O2/c1-14-8-7-12(17)16-11-5-3-10(4-6-11)9-13(18)15-2/h3-6,14H,7-9H2,1-2H3,(H,15,18)(H,16,17). The fourth-order valence-electron chi connectivity index (χ4n) is 1.44. The van der Waals surface area contributed by atoms with Crippen LogP contribution in [-0.4, -0.2) is 32.5 Å². The Morgan fingerprint density at radius 1 is 1.06 bits per heavy atom. The summed E-state index contributed by atoms with van der Waals surface area (Å²) in [5, 5.41) is 8.28. The van der Waals surface area contributed by atoms with Crippen molar-refractivity contribution in [2.75, 3.05) is 26.0 Å². The number of hydrogen-bond donors (Lipinski definition) is 3. The summed E-state index contributed by atoms with van der Waals surface area (Å²) < 4.78 is 0. The van der Waals surface area contributed by atoms with Crippen molar-refractivity contribution in [1.29, 1.82) is 0 Å². The van der Waals surface area contributed by atoms with Crippen molar-refractivity contribution in [1.82, 2.24) is 10.6 Å². The van der Waals surface area contributed by atoms with Crippen LogP contribution in [0.15, 0.2) is 24.3 Å². The lowest BCUT2D eigenvalue weighted by Gasteiger charge is -2.06. The van der Waals surface area contributed by atoms with E-state index in [0.717, 1.165) is 11.3 Å². The number of anilines is 1. The zero-order valence-corrected chi connectivity index (χ0v) is 10.7. The molecule has 2 amide bonds. The summed E-state index contributed by atoms with van der Waals surface area (Å²) in [5.41, 5.74) is 1.67. The predicted molar refractivity (Wildman–Crippen MR) is 71.4 cm³/mol. The monoisotopic (exact) mass is 249 g/mol. The summed E-state index contributed by atoms with van der Waals surface area (Å²) >= 11 is 0. The highest BCUT2D eigenvalue weighted by Gasteiger charge is 2.03. The number of likely N-dealkylation sites (N-methyl/N-ethyl adjacent to an activating group) is 1. The Morgan fingerprint density at radius 2 is 1.72 bits per heavy atom. The second-order valence-corrected chi connectivity index (χ2v) is 3.95. The van der Waals surface area contributed by atoms with Crippen LogP contribution in [0.4, 0.5) is 5.69 Å². The van der Waals surface area contributed by atoms with Gasteiger partial charge in [0, 0.05) is 25.7 Å². The Labute approximate surface area is 107 Å². The minimum Gasteiger partial charge on any atom is -0.359 e. The predicted octanol–water partition coefficient (Wildman–Crippen LogP) is 0.523. The number of nitrogens with one attached hydrogen (secondary N) is 3. The molecule has 1 aromatic rings. The van der Waals surface area contributed by atoms with Crippen molar-refractivity contribution in [2.24, 2.45) is 0 Å². The van der Waals surface area contributed by atoms with E-state index < -0.39 is 0 Å². The zero-order valence-electron chi connectivity index (χ0n) is 10.7. The Hall–Kier alpha value is -1.88. The quantitative estimate of drug-likeness (QED) is 0.688. The van der Waals surface area contributed by atoms with Crippen LogP contribution in [0.25, 0.3) is 0 Å². The van der Waals surface area contributed by atoms with Crippen LogP contribution in [0.3, 0.4) is 0 Å². The molecule has 3 N–H and O–H groups in total. The maximum atomic E-state index is 11.5. The molecule has 5 heteroatoms. The molecule has 0 heterocycles. The minimum absolute atomic E-state index is 0.0246. The van der Waals surface area contributed by atoms with Gasteiger partial charge in [0.05, 0.1) is 6.42 Å². The highest BCUT2D eigenvalue weighted by atomic mass is 16.2. The maximum Gasteiger partial charge on any atom is 0.225 e. The number of benzene rings is 1. The third kappa shape index (κ3) is 4.97. The van der Waals surface area contributed by atoms with Crippen LogP contribution in [0.1, 0.15) is 12.0 Å². The molecule has 5 nitrogen and oxygen atoms in total. The van der Waals surface area contributed by atoms with E-state index >= 15 is 0 Å². The van der Waals surface area contributed by atoms with Gasteiger partial charge in [0.15, 0.2) is 0 Å². The van der Waals surface area contributed by atoms with Crippen molar-refractivity contribution in [3.63, 3.8) is 0 Å². The van der Waals surface area contributed by atoms with Gasteiger partial charge < -0.3 is 16.0 Å². The van der Waals surface area contributed by atoms with Crippen molar-refractivity contribution in [3.8, 4) is 0 Å². The molecule has 0 spiro atoms. The molecule has 1 rings (SSSR count). The molecule has 0 aliphatic carbocycles. The van der Waals surface area contributed by atoms with Gasteiger partial charge in [-0.3, -0.25) is 9.59 Å². The molecule has 1 aromatic carbocycles. The van der Waals surface area contributed by atoms with Gasteiger partial charge in [0.25, 0.3) is 0 Å². The summed E-state index contributed by atoms with van der Waals surface area (Å²) in [6.07, 6.45) is 0.793. The van der Waals surface area contributed by atoms with E-state index in [1.807, 2.05) is 12.1 Å². The van der Waals surface area contributed by atoms with Gasteiger partial charge in [-0.05, 0) is 24.7 Å². The fourth-order valence-corrected chi connectivity index (χ4v) is 1.44. The molecule has 0 atom stereocenters. The van der Waals surface area contributed by atoms with Crippen molar-refractivity contribution >= 4 is 17.5 Å². The first-order valence-electron chi connectivity index (χ1n) is 5.89. The molecule has 0 saturated heterocycles. The van der Waals surface area contributed by atoms with E-state index in [-0.39, 0.29) is 11.8 Å². The van der Waals surface area contributed by atoms with Crippen molar-refractivity contribution in [3.05, 3.63) is 29.8 Å². The third-order valence-corrected chi connectivity index (χ3v) is 2.48. The summed E-state index contributed by atoms with van der Waals surface area (Å²) in [7, 11) is 3.42. The van der Waals surface area contributed by atoms with E-state index in [0.29, 0.717) is 19.4 Å². The lowest BCUT2D eigenvalue weighted by atomic mass is 10.1. The average molecular weight is 249 g/mol. The highest BCUT2D eigenvalue weighted by Crippen LogP contribution is 2.10. The topological polar surface area (TPSA) is 70.2 Å². The van der Waals surface area contributed by atoms with E-state index in [2.05, 4.69) is 16.0 Å². The highest BCUT2D eigenvalue weighted by molar-refractivity contribution is 5.90. The second-order valence-electron chi connectivity index (χ2n) is 3.95. The fraction of sp³-hybridized carbons (Fsp3) is 0.385. The molecule has 0 unspecified atom stereocenters. The lowest BCUT2D eigenvalue weighted by Crippen LogP contribution is -2.20. The Balaban J connectivity index is 2.49. The molecule has 0 aromatic heterocycles. The Kier molecular flexibility index (Phi) is 5.87. The van der Waals surface area contributed by atoms with E-state index in [1.54, 1.807) is 26.2 Å². The van der Waals surface area contributed by atoms with Crippen LogP contribution in [0, 0.1) is 0 Å². The summed E-state index contributed by atoms with van der Waals surface area (Å²) in [6, 6.07) is 7.27. The second kappa shape index (κ2) is 7.45. The third-order valence-electron chi connectivity index (χ3n) is 2.48. The van der Waals surface area contributed by atoms with Gasteiger partial charge in [0.1, 0.15) is 0 Å². The normalized spacial score (nSPS) is 9.89. The molecule has 18 heavy (non-hydrogen) atoms. The molecule has 0 fully saturated rings.